The minimum Gasteiger partial charge on any atom is -0.461 e. The number of carbonyl (C=O) groups excluding carboxylic acids is 1. The standard InChI is InChI=1S/C11H11ClN2O2/c1-2-16-11(15)10-4-6-3-7(12)8(13)5-9(6)14-10/h3-5,14H,2,13H2,1H3. The highest BCUT2D eigenvalue weighted by molar-refractivity contribution is 6.33. The van der Waals surface area contributed by atoms with Crippen molar-refractivity contribution in [1.29, 1.82) is 0 Å². The molecule has 1 heterocycles. The number of nitrogens with two attached hydrogens (primary N) is 1. The second-order valence-electron chi connectivity index (χ2n) is 3.36. The summed E-state index contributed by atoms with van der Waals surface area (Å²) in [4.78, 5) is 14.4. The Kier molecular flexibility index (Phi) is 2.75. The van der Waals surface area contributed by atoms with Gasteiger partial charge in [0.25, 0.3) is 0 Å². The zero-order valence-electron chi connectivity index (χ0n) is 8.71. The first-order chi connectivity index (χ1) is 7.61. The van der Waals surface area contributed by atoms with E-state index in [1.807, 2.05) is 0 Å². The summed E-state index contributed by atoms with van der Waals surface area (Å²) >= 11 is 5.88. The normalized spacial score (nSPS) is 10.6. The average Bonchev–Trinajstić information content (AvgIpc) is 2.62. The minimum absolute atomic E-state index is 0.344. The van der Waals surface area contributed by atoms with Crippen LogP contribution in [-0.4, -0.2) is 17.6 Å². The predicted octanol–water partition coefficient (Wildman–Crippen LogP) is 2.58. The highest BCUT2D eigenvalue weighted by Gasteiger charge is 2.11. The fourth-order valence-electron chi connectivity index (χ4n) is 1.49. The highest BCUT2D eigenvalue weighted by Crippen LogP contribution is 2.26. The topological polar surface area (TPSA) is 68.1 Å². The first-order valence-corrected chi connectivity index (χ1v) is 5.24. The molecule has 0 unspecified atom stereocenters. The summed E-state index contributed by atoms with van der Waals surface area (Å²) in [7, 11) is 0. The first kappa shape index (κ1) is 10.8. The van der Waals surface area contributed by atoms with Crippen LogP contribution in [0.4, 0.5) is 5.69 Å². The largest absolute Gasteiger partial charge is 0.461 e. The van der Waals surface area contributed by atoms with Crippen molar-refractivity contribution in [3.8, 4) is 0 Å². The molecule has 84 valence electrons. The number of H-pyrrole nitrogens is 1. The monoisotopic (exact) mass is 238 g/mol. The van der Waals surface area contributed by atoms with Gasteiger partial charge in [-0.05, 0) is 25.1 Å². The number of carbonyl (C=O) groups is 1. The predicted molar refractivity (Wildman–Crippen MR) is 63.7 cm³/mol. The maximum atomic E-state index is 11.5. The molecular weight excluding hydrogens is 228 g/mol. The van der Waals surface area contributed by atoms with Crippen LogP contribution >= 0.6 is 11.6 Å². The van der Waals surface area contributed by atoms with E-state index in [2.05, 4.69) is 4.98 Å². The number of rotatable bonds is 2. The number of hydrogen-bond acceptors (Lipinski definition) is 3. The van der Waals surface area contributed by atoms with E-state index in [1.54, 1.807) is 25.1 Å². The van der Waals surface area contributed by atoms with Crippen molar-refractivity contribution in [2.45, 2.75) is 6.92 Å². The molecule has 0 atom stereocenters. The number of esters is 1. The van der Waals surface area contributed by atoms with E-state index in [9.17, 15) is 4.79 Å². The van der Waals surface area contributed by atoms with Crippen LogP contribution in [0.5, 0.6) is 0 Å². The number of hydrogen-bond donors (Lipinski definition) is 2. The molecule has 0 fully saturated rings. The fourth-order valence-corrected chi connectivity index (χ4v) is 1.66. The molecule has 16 heavy (non-hydrogen) atoms. The lowest BCUT2D eigenvalue weighted by molar-refractivity contribution is 0.0520. The summed E-state index contributed by atoms with van der Waals surface area (Å²) in [5.74, 6) is -0.381. The summed E-state index contributed by atoms with van der Waals surface area (Å²) in [6.45, 7) is 2.10. The van der Waals surface area contributed by atoms with Gasteiger partial charge < -0.3 is 15.5 Å². The molecule has 4 nitrogen and oxygen atoms in total. The number of nitrogen functional groups attached to an aromatic ring is 1. The van der Waals surface area contributed by atoms with Gasteiger partial charge in [0.05, 0.1) is 17.3 Å². The fraction of sp³-hybridized carbons (Fsp3) is 0.182. The Morgan fingerprint density at radius 3 is 2.94 bits per heavy atom. The number of anilines is 1. The van der Waals surface area contributed by atoms with Crippen LogP contribution < -0.4 is 5.73 Å². The molecule has 3 N–H and O–H groups in total. The van der Waals surface area contributed by atoms with Gasteiger partial charge >= 0.3 is 5.97 Å². The number of aromatic nitrogens is 1. The zero-order chi connectivity index (χ0) is 11.7. The molecule has 1 aromatic heterocycles. The van der Waals surface area contributed by atoms with Crippen molar-refractivity contribution < 1.29 is 9.53 Å². The summed E-state index contributed by atoms with van der Waals surface area (Å²) in [6, 6.07) is 5.10. The van der Waals surface area contributed by atoms with Crippen LogP contribution in [0, 0.1) is 0 Å². The van der Waals surface area contributed by atoms with Gasteiger partial charge in [-0.3, -0.25) is 0 Å². The first-order valence-electron chi connectivity index (χ1n) is 4.86. The Labute approximate surface area is 97.3 Å². The van der Waals surface area contributed by atoms with Crippen molar-refractivity contribution in [3.05, 3.63) is 28.9 Å². The summed E-state index contributed by atoms with van der Waals surface area (Å²) in [6.07, 6.45) is 0. The molecule has 0 saturated carbocycles. The van der Waals surface area contributed by atoms with Gasteiger partial charge in [0, 0.05) is 10.9 Å². The molecule has 0 spiro atoms. The van der Waals surface area contributed by atoms with Gasteiger partial charge in [-0.15, -0.1) is 0 Å². The Bertz CT molecular complexity index is 509. The molecule has 0 amide bonds. The highest BCUT2D eigenvalue weighted by atomic mass is 35.5. The van der Waals surface area contributed by atoms with Crippen molar-refractivity contribution in [1.82, 2.24) is 4.98 Å². The minimum atomic E-state index is -0.381. The summed E-state index contributed by atoms with van der Waals surface area (Å²) in [5.41, 5.74) is 7.31. The molecular formula is C11H11ClN2O2. The van der Waals surface area contributed by atoms with Crippen LogP contribution in [0.15, 0.2) is 18.2 Å². The molecule has 0 aliphatic carbocycles. The zero-order valence-corrected chi connectivity index (χ0v) is 9.47. The van der Waals surface area contributed by atoms with E-state index >= 15 is 0 Å². The molecule has 5 heteroatoms. The Balaban J connectivity index is 2.48. The Morgan fingerprint density at radius 2 is 2.25 bits per heavy atom. The van der Waals surface area contributed by atoms with E-state index in [0.29, 0.717) is 23.0 Å². The summed E-state index contributed by atoms with van der Waals surface area (Å²) in [5, 5.41) is 1.31. The maximum absolute atomic E-state index is 11.5. The third-order valence-electron chi connectivity index (χ3n) is 2.23. The van der Waals surface area contributed by atoms with E-state index in [4.69, 9.17) is 22.1 Å². The quantitative estimate of drug-likeness (QED) is 0.624. The molecule has 0 bridgehead atoms. The Hall–Kier alpha value is -1.68. The second-order valence-corrected chi connectivity index (χ2v) is 3.77. The van der Waals surface area contributed by atoms with Crippen LogP contribution in [0.2, 0.25) is 5.02 Å². The SMILES string of the molecule is CCOC(=O)c1cc2cc(Cl)c(N)cc2[nH]1. The third kappa shape index (κ3) is 1.84. The van der Waals surface area contributed by atoms with Crippen LogP contribution in [0.25, 0.3) is 10.9 Å². The number of ether oxygens (including phenoxy) is 1. The van der Waals surface area contributed by atoms with E-state index in [-0.39, 0.29) is 5.97 Å². The molecule has 2 rings (SSSR count). The van der Waals surface area contributed by atoms with Gasteiger partial charge in [0.1, 0.15) is 5.69 Å². The lowest BCUT2D eigenvalue weighted by atomic mass is 10.2. The van der Waals surface area contributed by atoms with Crippen molar-refractivity contribution in [2.75, 3.05) is 12.3 Å². The molecule has 0 saturated heterocycles. The lowest BCUT2D eigenvalue weighted by Crippen LogP contribution is -2.04. The van der Waals surface area contributed by atoms with Gasteiger partial charge in [-0.1, -0.05) is 11.6 Å². The summed E-state index contributed by atoms with van der Waals surface area (Å²) < 4.78 is 4.88. The van der Waals surface area contributed by atoms with Crippen molar-refractivity contribution in [2.24, 2.45) is 0 Å². The lowest BCUT2D eigenvalue weighted by Gasteiger charge is -1.97. The van der Waals surface area contributed by atoms with Crippen molar-refractivity contribution >= 4 is 34.2 Å². The van der Waals surface area contributed by atoms with Gasteiger partial charge in [-0.25, -0.2) is 4.79 Å². The third-order valence-corrected chi connectivity index (χ3v) is 2.56. The van der Waals surface area contributed by atoms with Crippen LogP contribution in [0.3, 0.4) is 0 Å². The number of benzene rings is 1. The molecule has 1 aromatic carbocycles. The Morgan fingerprint density at radius 1 is 1.50 bits per heavy atom. The number of aromatic amines is 1. The van der Waals surface area contributed by atoms with Crippen molar-refractivity contribution in [3.63, 3.8) is 0 Å². The smallest absolute Gasteiger partial charge is 0.354 e. The van der Waals surface area contributed by atoms with E-state index in [0.717, 1.165) is 10.9 Å². The maximum Gasteiger partial charge on any atom is 0.354 e. The number of nitrogens with one attached hydrogen (secondary N) is 1. The molecule has 0 aliphatic heterocycles. The van der Waals surface area contributed by atoms with E-state index < -0.39 is 0 Å². The second kappa shape index (κ2) is 4.06. The van der Waals surface area contributed by atoms with Crippen LogP contribution in [0.1, 0.15) is 17.4 Å². The number of halogens is 1. The molecule has 0 radical (unpaired) electrons. The van der Waals surface area contributed by atoms with Gasteiger partial charge in [0.15, 0.2) is 0 Å². The van der Waals surface area contributed by atoms with E-state index in [1.165, 1.54) is 0 Å². The average molecular weight is 239 g/mol. The molecule has 0 aliphatic rings. The van der Waals surface area contributed by atoms with Gasteiger partial charge in [-0.2, -0.15) is 0 Å². The van der Waals surface area contributed by atoms with Gasteiger partial charge in [0.2, 0.25) is 0 Å². The molecule has 2 aromatic rings. The van der Waals surface area contributed by atoms with Crippen LogP contribution in [-0.2, 0) is 4.74 Å². The number of fused-ring (bicyclic) bond motifs is 1.